The van der Waals surface area contributed by atoms with Gasteiger partial charge in [0.25, 0.3) is 0 Å². The molecule has 112 valence electrons. The SMILES string of the molecule is Cc1ccc2cccc(OS(=O)(=O)C3CCCCC3)c2n1. The Morgan fingerprint density at radius 3 is 2.62 bits per heavy atom. The summed E-state index contributed by atoms with van der Waals surface area (Å²) in [4.78, 5) is 4.42. The van der Waals surface area contributed by atoms with Gasteiger partial charge in [0.1, 0.15) is 5.52 Å². The quantitative estimate of drug-likeness (QED) is 0.813. The molecule has 5 heteroatoms. The van der Waals surface area contributed by atoms with Crippen LogP contribution >= 0.6 is 0 Å². The number of benzene rings is 1. The molecule has 0 N–H and O–H groups in total. The second kappa shape index (κ2) is 5.64. The number of hydrogen-bond acceptors (Lipinski definition) is 4. The molecule has 0 radical (unpaired) electrons. The highest BCUT2D eigenvalue weighted by molar-refractivity contribution is 7.87. The third-order valence-corrected chi connectivity index (χ3v) is 5.69. The minimum absolute atomic E-state index is 0.335. The van der Waals surface area contributed by atoms with E-state index in [9.17, 15) is 8.42 Å². The van der Waals surface area contributed by atoms with Gasteiger partial charge in [-0.3, -0.25) is 0 Å². The zero-order chi connectivity index (χ0) is 14.9. The monoisotopic (exact) mass is 305 g/mol. The van der Waals surface area contributed by atoms with Crippen LogP contribution in [0, 0.1) is 6.92 Å². The predicted octanol–water partition coefficient (Wildman–Crippen LogP) is 3.58. The highest BCUT2D eigenvalue weighted by Gasteiger charge is 2.29. The minimum atomic E-state index is -3.58. The Kier molecular flexibility index (Phi) is 3.85. The highest BCUT2D eigenvalue weighted by atomic mass is 32.2. The number of hydrogen-bond donors (Lipinski definition) is 0. The molecule has 0 unspecified atom stereocenters. The summed E-state index contributed by atoms with van der Waals surface area (Å²) in [5, 5.41) is 0.503. The van der Waals surface area contributed by atoms with Gasteiger partial charge in [-0.1, -0.05) is 37.5 Å². The molecule has 0 saturated heterocycles. The molecule has 1 aliphatic rings. The first kappa shape index (κ1) is 14.3. The van der Waals surface area contributed by atoms with Crippen molar-refractivity contribution in [3.8, 4) is 5.75 Å². The van der Waals surface area contributed by atoms with E-state index in [0.717, 1.165) is 30.3 Å². The lowest BCUT2D eigenvalue weighted by molar-refractivity contribution is 0.430. The van der Waals surface area contributed by atoms with Gasteiger partial charge >= 0.3 is 10.1 Å². The summed E-state index contributed by atoms with van der Waals surface area (Å²) in [6.07, 6.45) is 4.42. The molecular formula is C16H19NO3S. The Morgan fingerprint density at radius 2 is 1.86 bits per heavy atom. The number of aryl methyl sites for hydroxylation is 1. The van der Waals surface area contributed by atoms with E-state index in [2.05, 4.69) is 4.98 Å². The molecule has 0 bridgehead atoms. The molecule has 1 aromatic heterocycles. The van der Waals surface area contributed by atoms with Crippen LogP contribution in [-0.2, 0) is 10.1 Å². The van der Waals surface area contributed by atoms with Crippen molar-refractivity contribution >= 4 is 21.0 Å². The molecule has 1 aromatic carbocycles. The van der Waals surface area contributed by atoms with E-state index >= 15 is 0 Å². The number of fused-ring (bicyclic) bond motifs is 1. The fourth-order valence-electron chi connectivity index (χ4n) is 2.83. The molecular weight excluding hydrogens is 286 g/mol. The van der Waals surface area contributed by atoms with Gasteiger partial charge in [0, 0.05) is 11.1 Å². The summed E-state index contributed by atoms with van der Waals surface area (Å²) in [7, 11) is -3.58. The third-order valence-electron chi connectivity index (χ3n) is 3.99. The number of rotatable bonds is 3. The van der Waals surface area contributed by atoms with Crippen LogP contribution in [-0.4, -0.2) is 18.7 Å². The zero-order valence-electron chi connectivity index (χ0n) is 12.1. The van der Waals surface area contributed by atoms with Crippen LogP contribution in [0.1, 0.15) is 37.8 Å². The molecule has 21 heavy (non-hydrogen) atoms. The van der Waals surface area contributed by atoms with Crippen LogP contribution in [0.2, 0.25) is 0 Å². The van der Waals surface area contributed by atoms with Crippen LogP contribution in [0.5, 0.6) is 5.75 Å². The van der Waals surface area contributed by atoms with Crippen LogP contribution in [0.25, 0.3) is 10.9 Å². The maximum atomic E-state index is 12.4. The van der Waals surface area contributed by atoms with E-state index in [1.165, 1.54) is 0 Å². The van der Waals surface area contributed by atoms with Gasteiger partial charge in [-0.15, -0.1) is 0 Å². The first-order valence-corrected chi connectivity index (χ1v) is 8.83. The summed E-state index contributed by atoms with van der Waals surface area (Å²) in [6.45, 7) is 1.88. The van der Waals surface area contributed by atoms with Crippen molar-refractivity contribution in [3.05, 3.63) is 36.0 Å². The lowest BCUT2D eigenvalue weighted by Gasteiger charge is -2.21. The van der Waals surface area contributed by atoms with Crippen LogP contribution in [0.15, 0.2) is 30.3 Å². The van der Waals surface area contributed by atoms with E-state index in [1.807, 2.05) is 25.1 Å². The van der Waals surface area contributed by atoms with E-state index in [-0.39, 0.29) is 5.25 Å². The Bertz CT molecular complexity index is 749. The standard InChI is InChI=1S/C16H19NO3S/c1-12-10-11-13-6-5-9-15(16(13)17-12)20-21(18,19)14-7-3-2-4-8-14/h5-6,9-11,14H,2-4,7-8H2,1H3. The molecule has 3 rings (SSSR count). The lowest BCUT2D eigenvalue weighted by Crippen LogP contribution is -2.28. The second-order valence-electron chi connectivity index (χ2n) is 5.62. The van der Waals surface area contributed by atoms with E-state index in [4.69, 9.17) is 4.18 Å². The largest absolute Gasteiger partial charge is 0.380 e. The molecule has 2 aromatic rings. The van der Waals surface area contributed by atoms with Crippen molar-refractivity contribution in [2.75, 3.05) is 0 Å². The number of para-hydroxylation sites is 1. The van der Waals surface area contributed by atoms with Crippen LogP contribution in [0.3, 0.4) is 0 Å². The average Bonchev–Trinajstić information content (AvgIpc) is 2.48. The maximum Gasteiger partial charge on any atom is 0.312 e. The predicted molar refractivity (Wildman–Crippen MR) is 82.9 cm³/mol. The van der Waals surface area contributed by atoms with Gasteiger partial charge < -0.3 is 4.18 Å². The first-order valence-electron chi connectivity index (χ1n) is 7.36. The normalized spacial score (nSPS) is 17.0. The molecule has 0 atom stereocenters. The highest BCUT2D eigenvalue weighted by Crippen LogP contribution is 2.29. The summed E-state index contributed by atoms with van der Waals surface area (Å²) < 4.78 is 30.3. The Balaban J connectivity index is 1.95. The average molecular weight is 305 g/mol. The summed E-state index contributed by atoms with van der Waals surface area (Å²) in [5.74, 6) is 0.335. The van der Waals surface area contributed by atoms with Crippen molar-refractivity contribution in [2.24, 2.45) is 0 Å². The molecule has 1 fully saturated rings. The van der Waals surface area contributed by atoms with Gasteiger partial charge in [-0.05, 0) is 31.9 Å². The molecule has 1 aliphatic carbocycles. The Morgan fingerprint density at radius 1 is 1.10 bits per heavy atom. The molecule has 1 heterocycles. The second-order valence-corrected chi connectivity index (χ2v) is 7.44. The van der Waals surface area contributed by atoms with Crippen LogP contribution in [0.4, 0.5) is 0 Å². The fourth-order valence-corrected chi connectivity index (χ4v) is 4.26. The smallest absolute Gasteiger partial charge is 0.312 e. The summed E-state index contributed by atoms with van der Waals surface area (Å²) >= 11 is 0. The molecule has 0 amide bonds. The minimum Gasteiger partial charge on any atom is -0.380 e. The van der Waals surface area contributed by atoms with Gasteiger partial charge in [-0.2, -0.15) is 8.42 Å². The molecule has 4 nitrogen and oxygen atoms in total. The third kappa shape index (κ3) is 3.02. The summed E-state index contributed by atoms with van der Waals surface area (Å²) in [5.41, 5.74) is 1.45. The van der Waals surface area contributed by atoms with E-state index in [1.54, 1.807) is 12.1 Å². The van der Waals surface area contributed by atoms with Crippen molar-refractivity contribution in [3.63, 3.8) is 0 Å². The Hall–Kier alpha value is -1.62. The van der Waals surface area contributed by atoms with E-state index in [0.29, 0.717) is 24.1 Å². The van der Waals surface area contributed by atoms with E-state index < -0.39 is 10.1 Å². The summed E-state index contributed by atoms with van der Waals surface area (Å²) in [6, 6.07) is 9.21. The first-order chi connectivity index (χ1) is 10.1. The lowest BCUT2D eigenvalue weighted by atomic mass is 10.0. The van der Waals surface area contributed by atoms with Crippen LogP contribution < -0.4 is 4.18 Å². The van der Waals surface area contributed by atoms with Gasteiger partial charge in [0.15, 0.2) is 5.75 Å². The number of nitrogens with zero attached hydrogens (tertiary/aromatic N) is 1. The van der Waals surface area contributed by atoms with Gasteiger partial charge in [0.2, 0.25) is 0 Å². The van der Waals surface area contributed by atoms with Gasteiger partial charge in [0.05, 0.1) is 5.25 Å². The Labute approximate surface area is 125 Å². The molecule has 0 spiro atoms. The van der Waals surface area contributed by atoms with Crippen molar-refractivity contribution in [1.82, 2.24) is 4.98 Å². The molecule has 0 aliphatic heterocycles. The molecule has 1 saturated carbocycles. The van der Waals surface area contributed by atoms with Crippen molar-refractivity contribution < 1.29 is 12.6 Å². The van der Waals surface area contributed by atoms with Crippen molar-refractivity contribution in [2.45, 2.75) is 44.3 Å². The number of aromatic nitrogens is 1. The number of pyridine rings is 1. The van der Waals surface area contributed by atoms with Gasteiger partial charge in [-0.25, -0.2) is 4.98 Å². The van der Waals surface area contributed by atoms with Crippen molar-refractivity contribution in [1.29, 1.82) is 0 Å². The zero-order valence-corrected chi connectivity index (χ0v) is 12.9. The fraction of sp³-hybridized carbons (Fsp3) is 0.438. The topological polar surface area (TPSA) is 56.3 Å². The maximum absolute atomic E-state index is 12.4.